The van der Waals surface area contributed by atoms with E-state index < -0.39 is 42.4 Å². The number of carbonyl (C=O) groups is 4. The maximum Gasteiger partial charge on any atom is 0.434 e. The number of nitrogens with zero attached hydrogens (tertiary/aromatic N) is 6. The van der Waals surface area contributed by atoms with Crippen LogP contribution in [0.2, 0.25) is 0 Å². The highest BCUT2D eigenvalue weighted by molar-refractivity contribution is 7.11. The molecular formula is C49H55F3N10O7S. The number of aryl methyl sites for hydroxylation is 2. The predicted molar refractivity (Wildman–Crippen MR) is 254 cm³/mol. The van der Waals surface area contributed by atoms with E-state index in [0.717, 1.165) is 40.7 Å². The van der Waals surface area contributed by atoms with E-state index in [4.69, 9.17) is 24.2 Å². The van der Waals surface area contributed by atoms with Gasteiger partial charge in [0, 0.05) is 35.2 Å². The summed E-state index contributed by atoms with van der Waals surface area (Å²) in [5.74, 6) is 0.666. The number of rotatable bonds is 11. The molecule has 370 valence electrons. The lowest BCUT2D eigenvalue weighted by molar-refractivity contribution is -0.142. The number of alkyl halides is 3. The van der Waals surface area contributed by atoms with Gasteiger partial charge in [0.05, 0.1) is 71.2 Å². The summed E-state index contributed by atoms with van der Waals surface area (Å²) >= 11 is 0.931. The minimum atomic E-state index is -4.75. The standard InChI is InChI=1S/C49H55F3N10O7S/c1-23(2)38(58-47(65)67-7)44(63)60-15-9-11-33(60)42-53-21-30(56-42)27-13-14-32-29(18-27)19-35-37-25(5)17-28(20-36(37)69-46(62(32)35)40-41(49(50,51)52)55-26(6)70-40)31-22-54-43(57-31)34-12-10-16-61(34)45(64)39(24(3)4)59-48(66)68-8/h13-14,17-24,33-34,38-39,46H,9-12,15-16H2,1-8H3,(H,53,56)(H,54,57)(H,58,65)(H,59,66)/t33-,34-,38-,39-,46?/m0/s1. The van der Waals surface area contributed by atoms with E-state index in [1.807, 2.05) is 65.0 Å². The first-order chi connectivity index (χ1) is 33.4. The van der Waals surface area contributed by atoms with Crippen LogP contribution in [0, 0.1) is 25.7 Å². The number of H-pyrrole nitrogens is 2. The Morgan fingerprint density at radius 3 is 1.89 bits per heavy atom. The molecule has 70 heavy (non-hydrogen) atoms. The lowest BCUT2D eigenvalue weighted by Gasteiger charge is -2.31. The van der Waals surface area contributed by atoms with Gasteiger partial charge in [-0.25, -0.2) is 24.5 Å². The Morgan fingerprint density at radius 2 is 1.36 bits per heavy atom. The molecule has 2 saturated heterocycles. The van der Waals surface area contributed by atoms with Crippen molar-refractivity contribution in [2.75, 3.05) is 27.3 Å². The predicted octanol–water partition coefficient (Wildman–Crippen LogP) is 9.21. The van der Waals surface area contributed by atoms with Crippen molar-refractivity contribution in [3.05, 3.63) is 81.6 Å². The van der Waals surface area contributed by atoms with Gasteiger partial charge >= 0.3 is 18.4 Å². The number of carbonyl (C=O) groups excluding carboxylic acids is 4. The Labute approximate surface area is 405 Å². The van der Waals surface area contributed by atoms with Crippen LogP contribution in [0.4, 0.5) is 22.8 Å². The molecule has 4 aromatic heterocycles. The second-order valence-corrected chi connectivity index (χ2v) is 19.9. The second-order valence-electron chi connectivity index (χ2n) is 18.7. The number of fused-ring (bicyclic) bond motifs is 5. The highest BCUT2D eigenvalue weighted by Gasteiger charge is 2.44. The fourth-order valence-electron chi connectivity index (χ4n) is 10.0. The minimum Gasteiger partial charge on any atom is -0.464 e. The van der Waals surface area contributed by atoms with Gasteiger partial charge in [-0.05, 0) is 87.3 Å². The lowest BCUT2D eigenvalue weighted by atomic mass is 9.98. The number of thiazole rings is 1. The van der Waals surface area contributed by atoms with Crippen molar-refractivity contribution in [3.8, 4) is 39.5 Å². The molecule has 3 aliphatic heterocycles. The third-order valence-electron chi connectivity index (χ3n) is 13.4. The van der Waals surface area contributed by atoms with Crippen LogP contribution in [-0.2, 0) is 25.2 Å². The Morgan fingerprint density at radius 1 is 0.800 bits per heavy atom. The third kappa shape index (κ3) is 8.83. The summed E-state index contributed by atoms with van der Waals surface area (Å²) in [6, 6.07) is 9.08. The van der Waals surface area contributed by atoms with Gasteiger partial charge in [0.1, 0.15) is 29.5 Å². The molecule has 0 bridgehead atoms. The summed E-state index contributed by atoms with van der Waals surface area (Å²) in [6.45, 7) is 11.9. The van der Waals surface area contributed by atoms with E-state index in [1.54, 1.807) is 32.8 Å². The van der Waals surface area contributed by atoms with Crippen LogP contribution < -0.4 is 15.4 Å². The molecule has 4 amide bonds. The van der Waals surface area contributed by atoms with Gasteiger partial charge in [0.15, 0.2) is 5.69 Å². The molecule has 1 unspecified atom stereocenters. The van der Waals surface area contributed by atoms with Crippen molar-refractivity contribution >= 4 is 46.2 Å². The van der Waals surface area contributed by atoms with Crippen molar-refractivity contribution in [3.63, 3.8) is 0 Å². The molecule has 2 fully saturated rings. The molecule has 0 spiro atoms. The van der Waals surface area contributed by atoms with Gasteiger partial charge in [-0.2, -0.15) is 13.2 Å². The number of benzene rings is 2. The van der Waals surface area contributed by atoms with Gasteiger partial charge in [-0.15, -0.1) is 11.3 Å². The maximum absolute atomic E-state index is 14.8. The number of halogens is 3. The summed E-state index contributed by atoms with van der Waals surface area (Å²) in [5.41, 5.74) is 4.52. The third-order valence-corrected chi connectivity index (χ3v) is 14.4. The molecule has 0 saturated carbocycles. The number of likely N-dealkylation sites (tertiary alicyclic amines) is 2. The van der Waals surface area contributed by atoms with Crippen molar-refractivity contribution in [1.29, 1.82) is 0 Å². The second kappa shape index (κ2) is 18.8. The lowest BCUT2D eigenvalue weighted by Crippen LogP contribution is -2.51. The molecule has 7 heterocycles. The number of imidazole rings is 2. The number of nitrogens with one attached hydrogen (secondary N) is 4. The van der Waals surface area contributed by atoms with Crippen LogP contribution in [-0.4, -0.2) is 103 Å². The van der Waals surface area contributed by atoms with E-state index in [-0.39, 0.29) is 45.6 Å². The summed E-state index contributed by atoms with van der Waals surface area (Å²) in [6.07, 6.45) is -1.19. The number of amides is 4. The maximum atomic E-state index is 14.8. The zero-order valence-electron chi connectivity index (χ0n) is 40.0. The van der Waals surface area contributed by atoms with Crippen LogP contribution >= 0.6 is 11.3 Å². The largest absolute Gasteiger partial charge is 0.464 e. The normalized spacial score (nSPS) is 18.7. The summed E-state index contributed by atoms with van der Waals surface area (Å²) < 4.78 is 62.4. The molecule has 5 atom stereocenters. The first-order valence-corrected chi connectivity index (χ1v) is 24.1. The number of ether oxygens (including phenoxy) is 3. The molecule has 21 heteroatoms. The summed E-state index contributed by atoms with van der Waals surface area (Å²) in [7, 11) is 2.50. The average Bonchev–Trinajstić information content (AvgIpc) is 4.18. The van der Waals surface area contributed by atoms with Crippen LogP contribution in [0.15, 0.2) is 48.8 Å². The Kier molecular flexibility index (Phi) is 12.9. The van der Waals surface area contributed by atoms with Crippen molar-refractivity contribution in [1.82, 2.24) is 49.9 Å². The molecule has 6 aromatic rings. The summed E-state index contributed by atoms with van der Waals surface area (Å²) in [5, 5.41) is 6.33. The zero-order chi connectivity index (χ0) is 49.9. The number of hydrogen-bond donors (Lipinski definition) is 4. The Bertz CT molecular complexity index is 2990. The molecule has 3 aliphatic rings. The zero-order valence-corrected chi connectivity index (χ0v) is 40.8. The average molecular weight is 985 g/mol. The van der Waals surface area contributed by atoms with Crippen LogP contribution in [0.5, 0.6) is 5.75 Å². The number of methoxy groups -OCH3 is 2. The van der Waals surface area contributed by atoms with Crippen molar-refractivity contribution in [2.24, 2.45) is 11.8 Å². The molecule has 4 N–H and O–H groups in total. The molecular weight excluding hydrogens is 930 g/mol. The van der Waals surface area contributed by atoms with Crippen molar-refractivity contribution < 1.29 is 46.6 Å². The van der Waals surface area contributed by atoms with E-state index in [0.29, 0.717) is 77.1 Å². The van der Waals surface area contributed by atoms with Gasteiger partial charge in [0.25, 0.3) is 0 Å². The number of alkyl carbamates (subject to hydrolysis) is 2. The molecule has 0 aliphatic carbocycles. The van der Waals surface area contributed by atoms with E-state index in [9.17, 15) is 32.3 Å². The van der Waals surface area contributed by atoms with Gasteiger partial charge in [0.2, 0.25) is 18.0 Å². The van der Waals surface area contributed by atoms with E-state index in [1.165, 1.54) is 21.1 Å². The van der Waals surface area contributed by atoms with E-state index >= 15 is 0 Å². The van der Waals surface area contributed by atoms with Gasteiger partial charge < -0.3 is 44.6 Å². The van der Waals surface area contributed by atoms with E-state index in [2.05, 4.69) is 25.6 Å². The monoisotopic (exact) mass is 984 g/mol. The van der Waals surface area contributed by atoms with Crippen LogP contribution in [0.3, 0.4) is 0 Å². The number of aromatic amines is 2. The number of aromatic nitrogens is 6. The smallest absolute Gasteiger partial charge is 0.434 e. The fourth-order valence-corrected chi connectivity index (χ4v) is 11.0. The first-order valence-electron chi connectivity index (χ1n) is 23.3. The Hall–Kier alpha value is -6.90. The molecule has 9 rings (SSSR count). The van der Waals surface area contributed by atoms with Crippen LogP contribution in [0.1, 0.15) is 104 Å². The van der Waals surface area contributed by atoms with Crippen molar-refractivity contribution in [2.45, 2.75) is 104 Å². The molecule has 2 aromatic carbocycles. The SMILES string of the molecule is COC(=O)N[C@H](C(=O)N1CCC[C@H]1c1ncc(-c2cc(C)c3c(c2)OC(c2sc(C)nc2C(F)(F)F)n2c-3cc3cc(-c4cnc([C@@H]5CCCN5C(=O)[C@@H](NC(=O)OC)C(C)C)[nH]4)ccc32)[nH]1)C(C)C. The minimum absolute atomic E-state index is 0.0897. The fraction of sp³-hybridized carbons (Fsp3) is 0.449. The van der Waals surface area contributed by atoms with Crippen LogP contribution in [0.25, 0.3) is 44.7 Å². The first kappa shape index (κ1) is 48.1. The Balaban J connectivity index is 1.06. The van der Waals surface area contributed by atoms with Gasteiger partial charge in [-0.1, -0.05) is 33.8 Å². The summed E-state index contributed by atoms with van der Waals surface area (Å²) in [4.78, 5) is 75.5. The molecule has 0 radical (unpaired) electrons. The quantitative estimate of drug-likeness (QED) is 0.0970. The van der Waals surface area contributed by atoms with Gasteiger partial charge in [-0.3, -0.25) is 14.2 Å². The molecule has 17 nitrogen and oxygen atoms in total. The topological polar surface area (TPSA) is 202 Å². The highest BCUT2D eigenvalue weighted by atomic mass is 32.1. The highest BCUT2D eigenvalue weighted by Crippen LogP contribution is 2.50. The number of hydrogen-bond acceptors (Lipinski definition) is 11.